The van der Waals surface area contributed by atoms with Crippen molar-refractivity contribution >= 4 is 34.2 Å². The number of aromatic nitrogens is 2. The van der Waals surface area contributed by atoms with E-state index in [9.17, 15) is 9.59 Å². The molecule has 0 bridgehead atoms. The van der Waals surface area contributed by atoms with Crippen molar-refractivity contribution in [2.75, 3.05) is 27.9 Å². The molecule has 4 heterocycles. The lowest BCUT2D eigenvalue weighted by molar-refractivity contribution is -0.138. The molecule has 11 nitrogen and oxygen atoms in total. The van der Waals surface area contributed by atoms with Crippen LogP contribution in [-0.2, 0) is 32.0 Å². The fourth-order valence-electron chi connectivity index (χ4n) is 8.84. The highest BCUT2D eigenvalue weighted by molar-refractivity contribution is 6.06. The second-order valence-electron chi connectivity index (χ2n) is 14.8. The summed E-state index contributed by atoms with van der Waals surface area (Å²) in [7, 11) is 4.60. The van der Waals surface area contributed by atoms with E-state index in [1.807, 2.05) is 18.0 Å². The zero-order valence-electron chi connectivity index (χ0n) is 30.5. The Balaban J connectivity index is 1.03. The van der Waals surface area contributed by atoms with Gasteiger partial charge >= 0.3 is 6.09 Å². The number of rotatable bonds is 9. The second-order valence-corrected chi connectivity index (χ2v) is 14.8. The van der Waals surface area contributed by atoms with Crippen LogP contribution < -0.4 is 10.1 Å². The third-order valence-electron chi connectivity index (χ3n) is 11.7. The van der Waals surface area contributed by atoms with Gasteiger partial charge in [-0.15, -0.1) is 0 Å². The van der Waals surface area contributed by atoms with Crippen LogP contribution in [0.5, 0.6) is 5.75 Å². The summed E-state index contributed by atoms with van der Waals surface area (Å²) in [5.41, 5.74) is 8.58. The highest BCUT2D eigenvalue weighted by atomic mass is 16.5. The highest BCUT2D eigenvalue weighted by Crippen LogP contribution is 2.45. The maximum Gasteiger partial charge on any atom is 0.407 e. The number of methoxy groups -OCH3 is 3. The van der Waals surface area contributed by atoms with E-state index in [0.717, 1.165) is 94.0 Å². The van der Waals surface area contributed by atoms with E-state index < -0.39 is 18.2 Å². The molecule has 4 aliphatic rings. The van der Waals surface area contributed by atoms with Crippen LogP contribution >= 0.6 is 0 Å². The van der Waals surface area contributed by atoms with Crippen LogP contribution in [0.25, 0.3) is 33.2 Å². The zero-order valence-corrected chi connectivity index (χ0v) is 30.5. The van der Waals surface area contributed by atoms with Gasteiger partial charge in [0.1, 0.15) is 24.2 Å². The monoisotopic (exact) mass is 705 g/mol. The number of carbonyl (C=O) groups excluding carboxylic acids is 2. The van der Waals surface area contributed by atoms with Gasteiger partial charge in [0.15, 0.2) is 0 Å². The number of alkyl carbamates (subject to hydrolysis) is 1. The van der Waals surface area contributed by atoms with Crippen molar-refractivity contribution in [2.45, 2.75) is 89.1 Å². The summed E-state index contributed by atoms with van der Waals surface area (Å²) in [4.78, 5) is 41.5. The topological polar surface area (TPSA) is 127 Å². The average Bonchev–Trinajstić information content (AvgIpc) is 3.98. The normalized spacial score (nSPS) is 23.0. The van der Waals surface area contributed by atoms with E-state index in [1.54, 1.807) is 14.0 Å². The molecule has 1 aliphatic carbocycles. The molecule has 3 aliphatic heterocycles. The number of ether oxygens (including phenoxy) is 4. The summed E-state index contributed by atoms with van der Waals surface area (Å²) < 4.78 is 22.1. The number of H-pyrrole nitrogens is 1. The van der Waals surface area contributed by atoms with Crippen LogP contribution in [0.15, 0.2) is 53.7 Å². The van der Waals surface area contributed by atoms with Crippen molar-refractivity contribution < 1.29 is 28.5 Å². The number of hydrogen-bond donors (Lipinski definition) is 2. The van der Waals surface area contributed by atoms with Crippen molar-refractivity contribution in [1.29, 1.82) is 0 Å². The van der Waals surface area contributed by atoms with Gasteiger partial charge in [0.05, 0.1) is 36.8 Å². The number of benzene rings is 3. The molecule has 2 amide bonds. The fourth-order valence-corrected chi connectivity index (χ4v) is 8.84. The quantitative estimate of drug-likeness (QED) is 0.190. The molecule has 0 unspecified atom stereocenters. The van der Waals surface area contributed by atoms with Crippen molar-refractivity contribution in [3.8, 4) is 28.1 Å². The molecular weight excluding hydrogens is 658 g/mol. The van der Waals surface area contributed by atoms with Gasteiger partial charge in [-0.25, -0.2) is 9.78 Å². The molecule has 272 valence electrons. The summed E-state index contributed by atoms with van der Waals surface area (Å²) in [6.07, 6.45) is 6.48. The lowest BCUT2D eigenvalue weighted by Gasteiger charge is -2.34. The molecule has 2 N–H and O–H groups in total. The predicted molar refractivity (Wildman–Crippen MR) is 199 cm³/mol. The average molecular weight is 706 g/mol. The van der Waals surface area contributed by atoms with E-state index in [2.05, 4.69) is 52.8 Å². The summed E-state index contributed by atoms with van der Waals surface area (Å²) in [6, 6.07) is 14.1. The van der Waals surface area contributed by atoms with Gasteiger partial charge in [0, 0.05) is 50.5 Å². The Labute approximate surface area is 304 Å². The third kappa shape index (κ3) is 6.13. The Bertz CT molecular complexity index is 2060. The van der Waals surface area contributed by atoms with Crippen LogP contribution in [0, 0.1) is 5.92 Å². The first-order valence-corrected chi connectivity index (χ1v) is 18.4. The van der Waals surface area contributed by atoms with Crippen LogP contribution in [0.2, 0.25) is 0 Å². The highest BCUT2D eigenvalue weighted by Gasteiger charge is 2.43. The van der Waals surface area contributed by atoms with E-state index in [4.69, 9.17) is 28.9 Å². The molecule has 1 saturated carbocycles. The summed E-state index contributed by atoms with van der Waals surface area (Å²) in [6.45, 7) is 5.12. The Morgan fingerprint density at radius 2 is 1.92 bits per heavy atom. The number of aliphatic imine (C=N–C) groups is 1. The molecule has 52 heavy (non-hydrogen) atoms. The summed E-state index contributed by atoms with van der Waals surface area (Å²) in [5.74, 6) is 2.80. The van der Waals surface area contributed by atoms with Crippen molar-refractivity contribution in [1.82, 2.24) is 20.2 Å². The number of aromatic amines is 1. The van der Waals surface area contributed by atoms with Crippen LogP contribution in [0.3, 0.4) is 0 Å². The van der Waals surface area contributed by atoms with E-state index in [1.165, 1.54) is 26.2 Å². The molecule has 1 saturated heterocycles. The van der Waals surface area contributed by atoms with Crippen molar-refractivity contribution in [3.05, 3.63) is 65.6 Å². The molecule has 6 atom stereocenters. The zero-order chi connectivity index (χ0) is 36.1. The molecule has 3 aromatic carbocycles. The smallest absolute Gasteiger partial charge is 0.407 e. The minimum Gasteiger partial charge on any atom is -0.488 e. The molecule has 1 aromatic heterocycles. The Morgan fingerprint density at radius 3 is 2.73 bits per heavy atom. The lowest BCUT2D eigenvalue weighted by atomic mass is 9.90. The van der Waals surface area contributed by atoms with Crippen LogP contribution in [0.1, 0.15) is 68.8 Å². The van der Waals surface area contributed by atoms with Gasteiger partial charge in [0.25, 0.3) is 0 Å². The molecule has 0 spiro atoms. The largest absolute Gasteiger partial charge is 0.488 e. The Hall–Kier alpha value is -4.74. The van der Waals surface area contributed by atoms with E-state index in [0.29, 0.717) is 24.9 Å². The number of nitrogens with one attached hydrogen (secondary N) is 2. The van der Waals surface area contributed by atoms with E-state index >= 15 is 0 Å². The molecule has 8 rings (SSSR count). The van der Waals surface area contributed by atoms with Gasteiger partial charge in [-0.3, -0.25) is 9.79 Å². The first-order valence-electron chi connectivity index (χ1n) is 18.4. The number of carbonyl (C=O) groups is 2. The fraction of sp³-hybridized carbons (Fsp3) is 0.463. The van der Waals surface area contributed by atoms with Crippen LogP contribution in [0.4, 0.5) is 10.5 Å². The Morgan fingerprint density at radius 1 is 1.06 bits per heavy atom. The number of likely N-dealkylation sites (tertiary alicyclic amines) is 1. The van der Waals surface area contributed by atoms with Crippen LogP contribution in [-0.4, -0.2) is 84.7 Å². The number of fused-ring (bicyclic) bond motifs is 6. The number of nitrogens with zero attached hydrogens (tertiary/aromatic N) is 3. The van der Waals surface area contributed by atoms with Gasteiger partial charge in [-0.1, -0.05) is 18.2 Å². The lowest BCUT2D eigenvalue weighted by Crippen LogP contribution is -2.57. The molecule has 2 fully saturated rings. The predicted octanol–water partition coefficient (Wildman–Crippen LogP) is 7.09. The number of amides is 2. The van der Waals surface area contributed by atoms with Gasteiger partial charge in [-0.2, -0.15) is 0 Å². The second kappa shape index (κ2) is 14.0. The molecule has 11 heteroatoms. The maximum absolute atomic E-state index is 14.0. The molecule has 4 aromatic rings. The molecule has 0 radical (unpaired) electrons. The van der Waals surface area contributed by atoms with Crippen molar-refractivity contribution in [2.24, 2.45) is 10.9 Å². The Kier molecular flexibility index (Phi) is 9.25. The first-order chi connectivity index (χ1) is 25.3. The maximum atomic E-state index is 14.0. The molecular formula is C41H47N5O6. The number of hydrogen-bond acceptors (Lipinski definition) is 8. The third-order valence-corrected chi connectivity index (χ3v) is 11.7. The SMILES string of the molecule is COC[C@@H]1CC[C@H](c2ncc(-c3ccc4c(c3)COc3cc5c6c(ccc5cc3-4)N=C([C@@H]3CC[C@H](C)N3C(=O)[C@@H](NC(=O)OC)[C@@H](C)OC)C6)[nH]2)C1. The first kappa shape index (κ1) is 34.4. The summed E-state index contributed by atoms with van der Waals surface area (Å²) >= 11 is 0. The summed E-state index contributed by atoms with van der Waals surface area (Å²) in [5, 5.41) is 4.93. The minimum absolute atomic E-state index is 0.0101. The van der Waals surface area contributed by atoms with Gasteiger partial charge < -0.3 is 34.1 Å². The van der Waals surface area contributed by atoms with Gasteiger partial charge in [0.2, 0.25) is 5.91 Å². The van der Waals surface area contributed by atoms with Gasteiger partial charge in [-0.05, 0) is 109 Å². The van der Waals surface area contributed by atoms with Crippen molar-refractivity contribution in [3.63, 3.8) is 0 Å². The minimum atomic E-state index is -0.878. The van der Waals surface area contributed by atoms with E-state index in [-0.39, 0.29) is 18.0 Å². The number of imidazole rings is 1. The standard InChI is InChI=1S/C41H47N5O6/c1-22-6-13-36(46(22)40(47)38(23(2)50-4)45-41(48)51-5)34-17-31-30-18-37-32(16-25(30)10-12-33(31)43-34)29-11-9-26(15-28(29)21-52-37)35-19-42-39(44-35)27-8-7-24(14-27)20-49-3/h9-12,15-16,18-19,22-24,27,36,38H,6-8,13-14,17,20-21H2,1-5H3,(H,42,44)(H,45,48)/t22-,23+,24+,27-,36-,38-/m0/s1.